The van der Waals surface area contributed by atoms with Crippen LogP contribution in [-0.4, -0.2) is 55.9 Å². The molecule has 1 aliphatic heterocycles. The van der Waals surface area contributed by atoms with Gasteiger partial charge < -0.3 is 20.8 Å². The van der Waals surface area contributed by atoms with E-state index < -0.39 is 12.2 Å². The summed E-state index contributed by atoms with van der Waals surface area (Å²) in [6, 6.07) is 8.68. The molecule has 1 fully saturated rings. The SMILES string of the molecule is O=C(NCc1cn(C[C@@H]2NC[C@@H](O)[C@H]2O)nn1)c1ccccc1. The average Bonchev–Trinajstić information content (AvgIpc) is 3.15. The highest BCUT2D eigenvalue weighted by atomic mass is 16.3. The van der Waals surface area contributed by atoms with Crippen molar-refractivity contribution in [2.75, 3.05) is 6.54 Å². The second-order valence-electron chi connectivity index (χ2n) is 5.55. The lowest BCUT2D eigenvalue weighted by molar-refractivity contribution is 0.0372. The van der Waals surface area contributed by atoms with Gasteiger partial charge in [-0.3, -0.25) is 9.48 Å². The molecule has 1 aromatic heterocycles. The van der Waals surface area contributed by atoms with E-state index >= 15 is 0 Å². The third-order valence-corrected chi connectivity index (χ3v) is 3.83. The first-order chi connectivity index (χ1) is 11.1. The molecule has 23 heavy (non-hydrogen) atoms. The minimum Gasteiger partial charge on any atom is -0.389 e. The number of nitrogens with one attached hydrogen (secondary N) is 2. The van der Waals surface area contributed by atoms with E-state index in [0.29, 0.717) is 24.3 Å². The highest BCUT2D eigenvalue weighted by Gasteiger charge is 2.33. The first kappa shape index (κ1) is 15.6. The number of carbonyl (C=O) groups is 1. The fourth-order valence-electron chi connectivity index (χ4n) is 2.53. The summed E-state index contributed by atoms with van der Waals surface area (Å²) in [5, 5.41) is 33.1. The van der Waals surface area contributed by atoms with Crippen LogP contribution in [-0.2, 0) is 13.1 Å². The Kier molecular flexibility index (Phi) is 4.65. The molecule has 3 rings (SSSR count). The summed E-state index contributed by atoms with van der Waals surface area (Å²) in [6.07, 6.45) is 0.137. The highest BCUT2D eigenvalue weighted by Crippen LogP contribution is 2.09. The molecular formula is C15H19N5O3. The monoisotopic (exact) mass is 317 g/mol. The number of benzene rings is 1. The number of hydrogen-bond acceptors (Lipinski definition) is 6. The van der Waals surface area contributed by atoms with Gasteiger partial charge in [0.15, 0.2) is 0 Å². The summed E-state index contributed by atoms with van der Waals surface area (Å²) in [7, 11) is 0. The van der Waals surface area contributed by atoms with Crippen LogP contribution in [0.5, 0.6) is 0 Å². The quantitative estimate of drug-likeness (QED) is 0.557. The fourth-order valence-corrected chi connectivity index (χ4v) is 2.53. The van der Waals surface area contributed by atoms with Gasteiger partial charge in [-0.2, -0.15) is 0 Å². The van der Waals surface area contributed by atoms with E-state index in [-0.39, 0.29) is 18.5 Å². The van der Waals surface area contributed by atoms with Gasteiger partial charge in [0, 0.05) is 12.1 Å². The fraction of sp³-hybridized carbons (Fsp3) is 0.400. The lowest BCUT2D eigenvalue weighted by Gasteiger charge is -2.15. The first-order valence-electron chi connectivity index (χ1n) is 7.45. The van der Waals surface area contributed by atoms with Gasteiger partial charge in [0.25, 0.3) is 5.91 Å². The molecule has 0 spiro atoms. The van der Waals surface area contributed by atoms with E-state index in [9.17, 15) is 15.0 Å². The molecule has 0 bridgehead atoms. The predicted molar refractivity (Wildman–Crippen MR) is 81.4 cm³/mol. The van der Waals surface area contributed by atoms with Crippen molar-refractivity contribution in [3.63, 3.8) is 0 Å². The average molecular weight is 317 g/mol. The Morgan fingerprint density at radius 3 is 2.83 bits per heavy atom. The van der Waals surface area contributed by atoms with Gasteiger partial charge in [-0.25, -0.2) is 0 Å². The Hall–Kier alpha value is -2.29. The third-order valence-electron chi connectivity index (χ3n) is 3.83. The number of aliphatic hydroxyl groups is 2. The van der Waals surface area contributed by atoms with Gasteiger partial charge in [0.2, 0.25) is 0 Å². The molecule has 1 amide bonds. The van der Waals surface area contributed by atoms with Gasteiger partial charge in [-0.15, -0.1) is 5.10 Å². The van der Waals surface area contributed by atoms with Gasteiger partial charge >= 0.3 is 0 Å². The lowest BCUT2D eigenvalue weighted by atomic mass is 10.1. The highest BCUT2D eigenvalue weighted by molar-refractivity contribution is 5.93. The zero-order valence-electron chi connectivity index (χ0n) is 12.5. The van der Waals surface area contributed by atoms with E-state index in [1.807, 2.05) is 6.07 Å². The maximum absolute atomic E-state index is 11.9. The van der Waals surface area contributed by atoms with Crippen LogP contribution in [0.1, 0.15) is 16.1 Å². The molecule has 2 heterocycles. The summed E-state index contributed by atoms with van der Waals surface area (Å²) in [6.45, 7) is 1.04. The Morgan fingerprint density at radius 2 is 2.13 bits per heavy atom. The molecule has 0 saturated carbocycles. The van der Waals surface area contributed by atoms with Crippen molar-refractivity contribution in [1.82, 2.24) is 25.6 Å². The van der Waals surface area contributed by atoms with E-state index in [2.05, 4.69) is 20.9 Å². The Balaban J connectivity index is 1.52. The third kappa shape index (κ3) is 3.73. The first-order valence-corrected chi connectivity index (χ1v) is 7.45. The standard InChI is InChI=1S/C15H19N5O3/c21-13-7-16-12(14(13)22)9-20-8-11(18-19-20)6-17-15(23)10-4-2-1-3-5-10/h1-5,8,12-14,16,21-22H,6-7,9H2,(H,17,23)/t12-,13+,14-/m0/s1. The molecule has 4 N–H and O–H groups in total. The van der Waals surface area contributed by atoms with Gasteiger partial charge in [-0.05, 0) is 12.1 Å². The van der Waals surface area contributed by atoms with E-state index in [1.54, 1.807) is 35.1 Å². The number of aliphatic hydroxyl groups excluding tert-OH is 2. The summed E-state index contributed by atoms with van der Waals surface area (Å²) < 4.78 is 1.59. The minimum atomic E-state index is -0.819. The maximum atomic E-state index is 11.9. The predicted octanol–water partition coefficient (Wildman–Crippen LogP) is -1.10. The Bertz CT molecular complexity index is 660. The molecule has 3 atom stereocenters. The molecule has 0 aliphatic carbocycles. The normalized spacial score (nSPS) is 23.8. The summed E-state index contributed by atoms with van der Waals surface area (Å²) >= 11 is 0. The molecule has 0 unspecified atom stereocenters. The van der Waals surface area contributed by atoms with E-state index in [0.717, 1.165) is 0 Å². The van der Waals surface area contributed by atoms with Crippen molar-refractivity contribution in [2.45, 2.75) is 31.3 Å². The number of rotatable bonds is 5. The van der Waals surface area contributed by atoms with Gasteiger partial charge in [0.05, 0.1) is 37.5 Å². The van der Waals surface area contributed by atoms with E-state index in [1.165, 1.54) is 0 Å². The molecule has 2 aromatic rings. The van der Waals surface area contributed by atoms with Gasteiger partial charge in [0.1, 0.15) is 5.69 Å². The Morgan fingerprint density at radius 1 is 1.35 bits per heavy atom. The second kappa shape index (κ2) is 6.86. The summed E-state index contributed by atoms with van der Waals surface area (Å²) in [5.74, 6) is -0.170. The van der Waals surface area contributed by atoms with Gasteiger partial charge in [-0.1, -0.05) is 23.4 Å². The number of amides is 1. The molecule has 8 nitrogen and oxygen atoms in total. The number of aromatic nitrogens is 3. The molecule has 8 heteroatoms. The Labute approximate surface area is 133 Å². The van der Waals surface area contributed by atoms with Crippen molar-refractivity contribution >= 4 is 5.91 Å². The van der Waals surface area contributed by atoms with Crippen LogP contribution in [0.15, 0.2) is 36.5 Å². The number of β-amino-alcohol motifs (C(OH)–C–C–N with tert-alkyl or cyclic N) is 1. The van der Waals surface area contributed by atoms with Crippen molar-refractivity contribution in [3.05, 3.63) is 47.8 Å². The molecule has 1 aliphatic rings. The van der Waals surface area contributed by atoms with Crippen LogP contribution in [0.4, 0.5) is 0 Å². The van der Waals surface area contributed by atoms with Crippen LogP contribution in [0.3, 0.4) is 0 Å². The van der Waals surface area contributed by atoms with Crippen molar-refractivity contribution in [1.29, 1.82) is 0 Å². The summed E-state index contributed by atoms with van der Waals surface area (Å²) in [4.78, 5) is 11.9. The molecular weight excluding hydrogens is 298 g/mol. The zero-order chi connectivity index (χ0) is 16.2. The molecule has 1 saturated heterocycles. The van der Waals surface area contributed by atoms with Crippen LogP contribution < -0.4 is 10.6 Å². The number of nitrogens with zero attached hydrogens (tertiary/aromatic N) is 3. The van der Waals surface area contributed by atoms with Crippen molar-refractivity contribution < 1.29 is 15.0 Å². The zero-order valence-corrected chi connectivity index (χ0v) is 12.5. The van der Waals surface area contributed by atoms with Crippen LogP contribution in [0.25, 0.3) is 0 Å². The smallest absolute Gasteiger partial charge is 0.251 e. The number of carbonyl (C=O) groups excluding carboxylic acids is 1. The largest absolute Gasteiger partial charge is 0.389 e. The minimum absolute atomic E-state index is 0.170. The van der Waals surface area contributed by atoms with Crippen LogP contribution in [0.2, 0.25) is 0 Å². The van der Waals surface area contributed by atoms with E-state index in [4.69, 9.17) is 0 Å². The topological polar surface area (TPSA) is 112 Å². The van der Waals surface area contributed by atoms with Crippen molar-refractivity contribution in [2.24, 2.45) is 0 Å². The van der Waals surface area contributed by atoms with Crippen LogP contribution >= 0.6 is 0 Å². The molecule has 0 radical (unpaired) electrons. The summed E-state index contributed by atoms with van der Waals surface area (Å²) in [5.41, 5.74) is 1.22. The second-order valence-corrected chi connectivity index (χ2v) is 5.55. The molecule has 122 valence electrons. The maximum Gasteiger partial charge on any atom is 0.251 e. The van der Waals surface area contributed by atoms with Crippen LogP contribution in [0, 0.1) is 0 Å². The van der Waals surface area contributed by atoms with Crippen molar-refractivity contribution in [3.8, 4) is 0 Å². The number of hydrogen-bond donors (Lipinski definition) is 4. The lowest BCUT2D eigenvalue weighted by Crippen LogP contribution is -2.36. The molecule has 1 aromatic carbocycles.